The molecule has 0 unspecified atom stereocenters. The number of hydrogen-bond donors (Lipinski definition) is 1. The van der Waals surface area contributed by atoms with Gasteiger partial charge in [-0.05, 0) is 13.3 Å². The SMILES string of the molecule is C[C@H](Nc1c(-c2c(F)cc(OCCCCl)cc2F)c(Cl)nc2ncnn12)C(F)(F)F. The lowest BCUT2D eigenvalue weighted by Crippen LogP contribution is -2.34. The normalized spacial score (nSPS) is 12.9. The molecule has 0 bridgehead atoms. The molecule has 0 saturated carbocycles. The lowest BCUT2D eigenvalue weighted by molar-refractivity contribution is -0.138. The van der Waals surface area contributed by atoms with Gasteiger partial charge in [-0.15, -0.1) is 11.6 Å². The number of halogens is 7. The van der Waals surface area contributed by atoms with Crippen LogP contribution in [-0.2, 0) is 0 Å². The van der Waals surface area contributed by atoms with Gasteiger partial charge in [0.25, 0.3) is 5.78 Å². The van der Waals surface area contributed by atoms with E-state index in [1.54, 1.807) is 0 Å². The molecule has 0 fully saturated rings. The second kappa shape index (κ2) is 8.76. The molecule has 1 N–H and O–H groups in total. The molecule has 162 valence electrons. The fraction of sp³-hybridized carbons (Fsp3) is 0.353. The van der Waals surface area contributed by atoms with Crippen molar-refractivity contribution >= 4 is 34.8 Å². The van der Waals surface area contributed by atoms with Gasteiger partial charge in [-0.1, -0.05) is 11.6 Å². The number of anilines is 1. The van der Waals surface area contributed by atoms with Gasteiger partial charge in [0.2, 0.25) is 0 Å². The standard InChI is InChI=1S/C17H14Cl2F5N5O/c1-8(17(22,23)24)27-15-13(14(19)28-16-25-7-26-29(15)16)12-10(20)5-9(6-11(12)21)30-4-2-3-18/h5-8,27H,2-4H2,1H3/t8-/m0/s1. The van der Waals surface area contributed by atoms with E-state index in [9.17, 15) is 22.0 Å². The monoisotopic (exact) mass is 469 g/mol. The number of fused-ring (bicyclic) bond motifs is 1. The Bertz CT molecular complexity index is 1040. The molecule has 3 rings (SSSR count). The van der Waals surface area contributed by atoms with Crippen molar-refractivity contribution in [1.29, 1.82) is 0 Å². The van der Waals surface area contributed by atoms with Crippen molar-refractivity contribution in [2.75, 3.05) is 17.8 Å². The summed E-state index contributed by atoms with van der Waals surface area (Å²) < 4.78 is 75.1. The number of nitrogens with one attached hydrogen (secondary N) is 1. The number of hydrogen-bond acceptors (Lipinski definition) is 5. The van der Waals surface area contributed by atoms with Gasteiger partial charge in [-0.25, -0.2) is 8.78 Å². The van der Waals surface area contributed by atoms with Gasteiger partial charge in [0, 0.05) is 18.0 Å². The van der Waals surface area contributed by atoms with E-state index in [-0.39, 0.29) is 18.1 Å². The van der Waals surface area contributed by atoms with E-state index in [4.69, 9.17) is 27.9 Å². The molecule has 6 nitrogen and oxygen atoms in total. The molecule has 1 atom stereocenters. The largest absolute Gasteiger partial charge is 0.493 e. The predicted molar refractivity (Wildman–Crippen MR) is 101 cm³/mol. The van der Waals surface area contributed by atoms with Gasteiger partial charge in [-0.3, -0.25) is 0 Å². The molecular weight excluding hydrogens is 456 g/mol. The number of alkyl halides is 4. The second-order valence-corrected chi connectivity index (χ2v) is 6.89. The van der Waals surface area contributed by atoms with E-state index in [0.29, 0.717) is 12.3 Å². The fourth-order valence-electron chi connectivity index (χ4n) is 2.58. The first-order chi connectivity index (χ1) is 14.1. The van der Waals surface area contributed by atoms with Gasteiger partial charge in [0.1, 0.15) is 40.7 Å². The Labute approximate surface area is 177 Å². The number of nitrogens with zero attached hydrogens (tertiary/aromatic N) is 4. The second-order valence-electron chi connectivity index (χ2n) is 6.16. The van der Waals surface area contributed by atoms with E-state index < -0.39 is 46.0 Å². The number of ether oxygens (including phenoxy) is 1. The highest BCUT2D eigenvalue weighted by Gasteiger charge is 2.37. The summed E-state index contributed by atoms with van der Waals surface area (Å²) in [6.45, 7) is 0.965. The van der Waals surface area contributed by atoms with E-state index in [1.807, 2.05) is 0 Å². The van der Waals surface area contributed by atoms with Crippen LogP contribution in [0.1, 0.15) is 13.3 Å². The van der Waals surface area contributed by atoms with E-state index in [1.165, 1.54) is 0 Å². The van der Waals surface area contributed by atoms with Crippen LogP contribution in [0, 0.1) is 11.6 Å². The molecule has 0 amide bonds. The molecular formula is C17H14Cl2F5N5O. The van der Waals surface area contributed by atoms with Crippen LogP contribution in [0.25, 0.3) is 16.9 Å². The summed E-state index contributed by atoms with van der Waals surface area (Å²) in [5, 5.41) is 5.48. The van der Waals surface area contributed by atoms with Crippen molar-refractivity contribution < 1.29 is 26.7 Å². The molecule has 0 saturated heterocycles. The van der Waals surface area contributed by atoms with Crippen LogP contribution in [0.5, 0.6) is 5.75 Å². The minimum Gasteiger partial charge on any atom is -0.493 e. The predicted octanol–water partition coefficient (Wildman–Crippen LogP) is 5.09. The van der Waals surface area contributed by atoms with Crippen molar-refractivity contribution in [3.8, 4) is 16.9 Å². The summed E-state index contributed by atoms with van der Waals surface area (Å²) in [5.41, 5.74) is -1.13. The number of rotatable bonds is 7. The van der Waals surface area contributed by atoms with Crippen LogP contribution in [-0.4, -0.2) is 44.3 Å². The van der Waals surface area contributed by atoms with Gasteiger partial charge in [0.15, 0.2) is 0 Å². The van der Waals surface area contributed by atoms with Crippen molar-refractivity contribution in [2.24, 2.45) is 0 Å². The maximum atomic E-state index is 14.8. The molecule has 0 spiro atoms. The first-order valence-corrected chi connectivity index (χ1v) is 9.45. The minimum absolute atomic E-state index is 0.108. The Morgan fingerprint density at radius 1 is 1.20 bits per heavy atom. The van der Waals surface area contributed by atoms with Crippen LogP contribution in [0.4, 0.5) is 27.8 Å². The summed E-state index contributed by atoms with van der Waals surface area (Å²) in [6.07, 6.45) is -3.18. The molecule has 0 aliphatic rings. The van der Waals surface area contributed by atoms with E-state index in [0.717, 1.165) is 29.9 Å². The average molecular weight is 470 g/mol. The lowest BCUT2D eigenvalue weighted by atomic mass is 10.1. The van der Waals surface area contributed by atoms with Crippen LogP contribution >= 0.6 is 23.2 Å². The third-order valence-electron chi connectivity index (χ3n) is 4.04. The Morgan fingerprint density at radius 2 is 1.87 bits per heavy atom. The summed E-state index contributed by atoms with van der Waals surface area (Å²) >= 11 is 11.6. The Kier molecular flexibility index (Phi) is 6.51. The zero-order chi connectivity index (χ0) is 22.1. The molecule has 13 heteroatoms. The third kappa shape index (κ3) is 4.51. The van der Waals surface area contributed by atoms with Crippen LogP contribution < -0.4 is 10.1 Å². The van der Waals surface area contributed by atoms with Crippen molar-refractivity contribution in [1.82, 2.24) is 19.6 Å². The summed E-state index contributed by atoms with van der Waals surface area (Å²) in [6, 6.07) is -0.303. The minimum atomic E-state index is -4.66. The van der Waals surface area contributed by atoms with Crippen molar-refractivity contribution in [2.45, 2.75) is 25.6 Å². The quantitative estimate of drug-likeness (QED) is 0.226. The zero-order valence-electron chi connectivity index (χ0n) is 15.3. The number of benzene rings is 1. The van der Waals surface area contributed by atoms with Gasteiger partial charge >= 0.3 is 6.18 Å². The maximum absolute atomic E-state index is 14.8. The fourth-order valence-corrected chi connectivity index (χ4v) is 2.94. The van der Waals surface area contributed by atoms with Gasteiger partial charge in [-0.2, -0.15) is 32.8 Å². The van der Waals surface area contributed by atoms with Crippen LogP contribution in [0.2, 0.25) is 5.15 Å². The molecule has 2 heterocycles. The molecule has 0 aliphatic carbocycles. The van der Waals surface area contributed by atoms with Gasteiger partial charge < -0.3 is 10.1 Å². The molecule has 2 aromatic heterocycles. The Hall–Kier alpha value is -2.40. The Balaban J connectivity index is 2.16. The average Bonchev–Trinajstić information content (AvgIpc) is 3.10. The van der Waals surface area contributed by atoms with Crippen LogP contribution in [0.15, 0.2) is 18.5 Å². The zero-order valence-corrected chi connectivity index (χ0v) is 16.8. The van der Waals surface area contributed by atoms with Crippen LogP contribution in [0.3, 0.4) is 0 Å². The topological polar surface area (TPSA) is 64.3 Å². The first-order valence-electron chi connectivity index (χ1n) is 8.54. The highest BCUT2D eigenvalue weighted by molar-refractivity contribution is 6.33. The third-order valence-corrected chi connectivity index (χ3v) is 4.58. The molecule has 3 aromatic rings. The highest BCUT2D eigenvalue weighted by Crippen LogP contribution is 2.39. The van der Waals surface area contributed by atoms with Gasteiger partial charge in [0.05, 0.1) is 17.7 Å². The Morgan fingerprint density at radius 3 is 2.47 bits per heavy atom. The summed E-state index contributed by atoms with van der Waals surface area (Å²) in [7, 11) is 0. The number of aromatic nitrogens is 4. The molecule has 0 aliphatic heterocycles. The smallest absolute Gasteiger partial charge is 0.408 e. The summed E-state index contributed by atoms with van der Waals surface area (Å²) in [5.74, 6) is -2.59. The van der Waals surface area contributed by atoms with Crippen molar-refractivity contribution in [3.05, 3.63) is 35.2 Å². The highest BCUT2D eigenvalue weighted by atomic mass is 35.5. The van der Waals surface area contributed by atoms with Crippen molar-refractivity contribution in [3.63, 3.8) is 0 Å². The molecule has 1 aromatic carbocycles. The first kappa shape index (κ1) is 22.3. The lowest BCUT2D eigenvalue weighted by Gasteiger charge is -2.21. The molecule has 30 heavy (non-hydrogen) atoms. The van der Waals surface area contributed by atoms with E-state index in [2.05, 4.69) is 20.4 Å². The van der Waals surface area contributed by atoms with E-state index >= 15 is 0 Å². The maximum Gasteiger partial charge on any atom is 0.408 e. The molecule has 0 radical (unpaired) electrons. The summed E-state index contributed by atoms with van der Waals surface area (Å²) in [4.78, 5) is 7.62.